The number of carbonyl (C=O) groups is 2. The zero-order chi connectivity index (χ0) is 14.3. The second-order valence-electron chi connectivity index (χ2n) is 4.17. The highest BCUT2D eigenvalue weighted by Crippen LogP contribution is 2.02. The third-order valence-electron chi connectivity index (χ3n) is 2.61. The van der Waals surface area contributed by atoms with E-state index in [1.54, 1.807) is 0 Å². The molecule has 0 heterocycles. The molecule has 1 amide bonds. The van der Waals surface area contributed by atoms with E-state index in [9.17, 15) is 9.59 Å². The molecule has 0 radical (unpaired) electrons. The van der Waals surface area contributed by atoms with Gasteiger partial charge in [0.05, 0.1) is 12.1 Å². The number of hydrogen-bond acceptors (Lipinski definition) is 3. The number of benzene rings is 1. The molecule has 0 aliphatic rings. The standard InChI is InChI=1S/C13H16N4O2/c1-9(12(18)8-16-15)17-13(19)11(14)7-10-5-3-2-4-6-10/h2-6,8-9,11H,7,14H2,1H3,(H,17,19)/t9-,11-/m0/s1. The summed E-state index contributed by atoms with van der Waals surface area (Å²) in [6, 6.07) is 7.85. The Morgan fingerprint density at radius 1 is 1.42 bits per heavy atom. The molecule has 0 aliphatic carbocycles. The lowest BCUT2D eigenvalue weighted by atomic mass is 10.1. The van der Waals surface area contributed by atoms with Crippen molar-refractivity contribution in [1.29, 1.82) is 0 Å². The lowest BCUT2D eigenvalue weighted by Crippen LogP contribution is -2.48. The quantitative estimate of drug-likeness (QED) is 0.424. The number of Topliss-reactive ketones (excluding diaryl/α,β-unsaturated/α-hetero) is 1. The molecule has 0 saturated heterocycles. The van der Waals surface area contributed by atoms with E-state index in [1.807, 2.05) is 30.3 Å². The van der Waals surface area contributed by atoms with Crippen LogP contribution in [0.3, 0.4) is 0 Å². The Labute approximate surface area is 111 Å². The van der Waals surface area contributed by atoms with E-state index >= 15 is 0 Å². The van der Waals surface area contributed by atoms with Gasteiger partial charge in [-0.15, -0.1) is 0 Å². The summed E-state index contributed by atoms with van der Waals surface area (Å²) in [6.45, 7) is 1.50. The van der Waals surface area contributed by atoms with Gasteiger partial charge in [-0.05, 0) is 18.9 Å². The molecule has 6 nitrogen and oxygen atoms in total. The van der Waals surface area contributed by atoms with Crippen molar-refractivity contribution in [2.24, 2.45) is 5.73 Å². The van der Waals surface area contributed by atoms with Crippen molar-refractivity contribution in [3.05, 3.63) is 41.4 Å². The van der Waals surface area contributed by atoms with Crippen molar-refractivity contribution < 1.29 is 14.4 Å². The monoisotopic (exact) mass is 260 g/mol. The minimum atomic E-state index is -0.773. The number of nitrogens with one attached hydrogen (secondary N) is 1. The average molecular weight is 260 g/mol. The Morgan fingerprint density at radius 3 is 2.63 bits per heavy atom. The molecule has 0 fully saturated rings. The van der Waals surface area contributed by atoms with Gasteiger partial charge in [0, 0.05) is 0 Å². The fourth-order valence-electron chi connectivity index (χ4n) is 1.52. The molecule has 1 aromatic carbocycles. The second-order valence-corrected chi connectivity index (χ2v) is 4.17. The first-order valence-electron chi connectivity index (χ1n) is 5.85. The minimum Gasteiger partial charge on any atom is -0.361 e. The number of rotatable bonds is 6. The van der Waals surface area contributed by atoms with E-state index in [0.717, 1.165) is 11.8 Å². The Kier molecular flexibility index (Phi) is 5.60. The summed E-state index contributed by atoms with van der Waals surface area (Å²) in [7, 11) is 0. The Morgan fingerprint density at radius 2 is 2.05 bits per heavy atom. The fraction of sp³-hybridized carbons (Fsp3) is 0.308. The summed E-state index contributed by atoms with van der Waals surface area (Å²) in [5, 5.41) is 2.47. The van der Waals surface area contributed by atoms with Crippen molar-refractivity contribution in [3.63, 3.8) is 0 Å². The maximum atomic E-state index is 11.8. The third-order valence-corrected chi connectivity index (χ3v) is 2.61. The molecule has 0 bridgehead atoms. The van der Waals surface area contributed by atoms with E-state index in [-0.39, 0.29) is 0 Å². The first-order valence-corrected chi connectivity index (χ1v) is 5.85. The van der Waals surface area contributed by atoms with E-state index < -0.39 is 23.8 Å². The SMILES string of the molecule is C[C@H](NC(=O)[C@@H](N)Cc1ccccc1)C(=O)C=[N+]=[N-]. The maximum absolute atomic E-state index is 11.8. The van der Waals surface area contributed by atoms with Gasteiger partial charge in [-0.3, -0.25) is 9.59 Å². The van der Waals surface area contributed by atoms with Crippen LogP contribution in [0.2, 0.25) is 0 Å². The first kappa shape index (κ1) is 14.8. The van der Waals surface area contributed by atoms with Crippen LogP contribution < -0.4 is 11.1 Å². The van der Waals surface area contributed by atoms with Crippen LogP contribution in [0.25, 0.3) is 5.53 Å². The first-order chi connectivity index (χ1) is 9.04. The van der Waals surface area contributed by atoms with Crippen molar-refractivity contribution in [1.82, 2.24) is 5.32 Å². The molecule has 0 aromatic heterocycles. The molecular formula is C13H16N4O2. The number of ketones is 1. The van der Waals surface area contributed by atoms with Gasteiger partial charge in [0.1, 0.15) is 0 Å². The number of amides is 1. The van der Waals surface area contributed by atoms with E-state index in [4.69, 9.17) is 11.3 Å². The van der Waals surface area contributed by atoms with Gasteiger partial charge in [0.25, 0.3) is 5.78 Å². The van der Waals surface area contributed by atoms with E-state index in [0.29, 0.717) is 6.42 Å². The van der Waals surface area contributed by atoms with Gasteiger partial charge in [0.2, 0.25) is 5.91 Å². The Bertz CT molecular complexity index is 495. The number of nitrogens with zero attached hydrogens (tertiary/aromatic N) is 2. The molecule has 100 valence electrons. The molecular weight excluding hydrogens is 244 g/mol. The highest BCUT2D eigenvalue weighted by Gasteiger charge is 2.20. The van der Waals surface area contributed by atoms with Gasteiger partial charge < -0.3 is 16.6 Å². The summed E-state index contributed by atoms with van der Waals surface area (Å²) < 4.78 is 0. The predicted octanol–water partition coefficient (Wildman–Crippen LogP) is -0.0692. The molecule has 0 spiro atoms. The number of hydrogen-bond donors (Lipinski definition) is 2. The van der Waals surface area contributed by atoms with Crippen LogP contribution in [0.15, 0.2) is 30.3 Å². The topological polar surface area (TPSA) is 109 Å². The van der Waals surface area contributed by atoms with Crippen LogP contribution >= 0.6 is 0 Å². The highest BCUT2D eigenvalue weighted by molar-refractivity contribution is 6.28. The van der Waals surface area contributed by atoms with Crippen LogP contribution in [0.1, 0.15) is 12.5 Å². The van der Waals surface area contributed by atoms with E-state index in [1.165, 1.54) is 6.92 Å². The molecule has 6 heteroatoms. The largest absolute Gasteiger partial charge is 0.361 e. The van der Waals surface area contributed by atoms with Crippen LogP contribution in [0, 0.1) is 0 Å². The van der Waals surface area contributed by atoms with Crippen molar-refractivity contribution in [2.75, 3.05) is 0 Å². The van der Waals surface area contributed by atoms with Crippen molar-refractivity contribution in [2.45, 2.75) is 25.4 Å². The van der Waals surface area contributed by atoms with E-state index in [2.05, 4.69) is 10.1 Å². The van der Waals surface area contributed by atoms with Crippen LogP contribution in [0.5, 0.6) is 0 Å². The number of carbonyl (C=O) groups excluding carboxylic acids is 2. The maximum Gasteiger partial charge on any atom is 0.325 e. The summed E-state index contributed by atoms with van der Waals surface area (Å²) in [5.74, 6) is -0.918. The predicted molar refractivity (Wildman–Crippen MR) is 70.4 cm³/mol. The minimum absolute atomic E-state index is 0.391. The summed E-state index contributed by atoms with van der Waals surface area (Å²) in [5.41, 5.74) is 14.9. The molecule has 1 rings (SSSR count). The van der Waals surface area contributed by atoms with Gasteiger partial charge in [-0.1, -0.05) is 30.3 Å². The lowest BCUT2D eigenvalue weighted by Gasteiger charge is -2.14. The zero-order valence-electron chi connectivity index (χ0n) is 10.6. The molecule has 2 atom stereocenters. The molecule has 0 unspecified atom stereocenters. The highest BCUT2D eigenvalue weighted by atomic mass is 16.2. The molecule has 0 aliphatic heterocycles. The Hall–Kier alpha value is -2.30. The molecule has 19 heavy (non-hydrogen) atoms. The second kappa shape index (κ2) is 7.20. The molecule has 0 saturated carbocycles. The van der Waals surface area contributed by atoms with Crippen LogP contribution in [-0.2, 0) is 16.0 Å². The summed E-state index contributed by atoms with van der Waals surface area (Å²) in [4.78, 5) is 25.7. The van der Waals surface area contributed by atoms with Crippen LogP contribution in [-0.4, -0.2) is 34.8 Å². The summed E-state index contributed by atoms with van der Waals surface area (Å²) in [6.07, 6.45) is 1.13. The molecule has 3 N–H and O–H groups in total. The smallest absolute Gasteiger partial charge is 0.325 e. The third kappa shape index (κ3) is 4.83. The number of nitrogens with two attached hydrogens (primary N) is 1. The van der Waals surface area contributed by atoms with Gasteiger partial charge in [0.15, 0.2) is 0 Å². The normalized spacial score (nSPS) is 12.9. The van der Waals surface area contributed by atoms with Gasteiger partial charge >= 0.3 is 6.21 Å². The summed E-state index contributed by atoms with van der Waals surface area (Å²) >= 11 is 0. The van der Waals surface area contributed by atoms with Gasteiger partial charge in [-0.2, -0.15) is 4.79 Å². The van der Waals surface area contributed by atoms with Crippen molar-refractivity contribution in [3.8, 4) is 0 Å². The Balaban J connectivity index is 2.53. The van der Waals surface area contributed by atoms with Crippen molar-refractivity contribution >= 4 is 17.9 Å². The fourth-order valence-corrected chi connectivity index (χ4v) is 1.52. The van der Waals surface area contributed by atoms with Gasteiger partial charge in [-0.25, -0.2) is 0 Å². The lowest BCUT2D eigenvalue weighted by molar-refractivity contribution is -0.126. The van der Waals surface area contributed by atoms with Crippen LogP contribution in [0.4, 0.5) is 0 Å². The molecule has 1 aromatic rings. The average Bonchev–Trinajstić information content (AvgIpc) is 2.40. The zero-order valence-corrected chi connectivity index (χ0v) is 10.6.